The summed E-state index contributed by atoms with van der Waals surface area (Å²) in [7, 11) is 1.50. The van der Waals surface area contributed by atoms with Crippen LogP contribution in [0.2, 0.25) is 0 Å². The van der Waals surface area contributed by atoms with Crippen molar-refractivity contribution in [1.29, 1.82) is 0 Å². The van der Waals surface area contributed by atoms with E-state index in [4.69, 9.17) is 9.84 Å². The number of likely N-dealkylation sites (tertiary alicyclic amines) is 1. The van der Waals surface area contributed by atoms with Crippen LogP contribution in [0.3, 0.4) is 0 Å². The van der Waals surface area contributed by atoms with Crippen LogP contribution in [-0.4, -0.2) is 48.5 Å². The van der Waals surface area contributed by atoms with Gasteiger partial charge in [-0.1, -0.05) is 72.3 Å². The highest BCUT2D eigenvalue weighted by atomic mass is 16.6. The highest BCUT2D eigenvalue weighted by molar-refractivity contribution is 5.72. The topological polar surface area (TPSA) is 110 Å². The van der Waals surface area contributed by atoms with Gasteiger partial charge in [0.1, 0.15) is 12.0 Å². The summed E-state index contributed by atoms with van der Waals surface area (Å²) in [5, 5.41) is 8.63. The molecule has 4 rings (SSSR count). The molecule has 3 N–H and O–H groups in total. The Morgan fingerprint density at radius 2 is 1.51 bits per heavy atom. The summed E-state index contributed by atoms with van der Waals surface area (Å²) >= 11 is 0. The zero-order chi connectivity index (χ0) is 28.8. The zero-order valence-electron chi connectivity index (χ0n) is 23.4. The molecular formula is C32H40N2O5. The molecule has 1 atom stereocenters. The number of carboxylic acid groups (broad SMARTS) is 1. The molecule has 1 saturated heterocycles. The lowest BCUT2D eigenvalue weighted by Crippen LogP contribution is -2.42. The minimum atomic E-state index is -0.752. The van der Waals surface area contributed by atoms with Crippen molar-refractivity contribution in [2.75, 3.05) is 20.1 Å². The van der Waals surface area contributed by atoms with Crippen LogP contribution < -0.4 is 10.5 Å². The number of amides is 1. The van der Waals surface area contributed by atoms with Crippen LogP contribution in [0, 0.1) is 26.7 Å². The summed E-state index contributed by atoms with van der Waals surface area (Å²) in [4.78, 5) is 35.0. The van der Waals surface area contributed by atoms with Crippen LogP contribution >= 0.6 is 0 Å². The molecule has 39 heavy (non-hydrogen) atoms. The Hall–Kier alpha value is -3.97. The number of carboxylic acids is 1. The fourth-order valence-electron chi connectivity index (χ4n) is 4.26. The monoisotopic (exact) mass is 532 g/mol. The molecule has 0 spiro atoms. The number of aryl methyl sites for hydroxylation is 4. The van der Waals surface area contributed by atoms with E-state index in [9.17, 15) is 14.4 Å². The minimum Gasteiger partial charge on any atom is -0.481 e. The fraction of sp³-hybridized carbons (Fsp3) is 0.344. The molecule has 3 aromatic carbocycles. The number of piperidine rings is 1. The molecular weight excluding hydrogens is 492 g/mol. The van der Waals surface area contributed by atoms with Crippen LogP contribution in [0.15, 0.2) is 66.7 Å². The number of hydrogen-bond acceptors (Lipinski definition) is 5. The van der Waals surface area contributed by atoms with Crippen LogP contribution in [0.4, 0.5) is 4.79 Å². The number of ether oxygens (including phenoxy) is 1. The van der Waals surface area contributed by atoms with E-state index in [0.717, 1.165) is 41.4 Å². The number of benzene rings is 3. The minimum absolute atomic E-state index is 0.0562. The number of hydrogen-bond donors (Lipinski definition) is 2. The van der Waals surface area contributed by atoms with Gasteiger partial charge in [-0.05, 0) is 74.9 Å². The summed E-state index contributed by atoms with van der Waals surface area (Å²) in [6.45, 7) is 7.03. The molecule has 0 aliphatic carbocycles. The molecule has 7 nitrogen and oxygen atoms in total. The number of aldehydes is 1. The zero-order valence-corrected chi connectivity index (χ0v) is 23.4. The van der Waals surface area contributed by atoms with Crippen molar-refractivity contribution in [3.63, 3.8) is 0 Å². The van der Waals surface area contributed by atoms with Gasteiger partial charge in [0.05, 0.1) is 0 Å². The molecule has 1 amide bonds. The SMILES string of the molecule is CN.Cc1ccc(-c2ccc(CCC(=O)O)cc2)cc1.Cc1cccc(C)c1OC(=O)N1CCCC(C=O)C1. The van der Waals surface area contributed by atoms with Crippen LogP contribution in [0.5, 0.6) is 5.75 Å². The predicted octanol–water partition coefficient (Wildman–Crippen LogP) is 5.97. The van der Waals surface area contributed by atoms with Gasteiger partial charge < -0.3 is 25.3 Å². The lowest BCUT2D eigenvalue weighted by atomic mass is 10.0. The summed E-state index contributed by atoms with van der Waals surface area (Å²) in [5.74, 6) is -0.183. The molecule has 1 fully saturated rings. The molecule has 1 heterocycles. The van der Waals surface area contributed by atoms with Gasteiger partial charge in [-0.25, -0.2) is 4.79 Å². The van der Waals surface area contributed by atoms with Gasteiger partial charge in [-0.15, -0.1) is 0 Å². The molecule has 0 aromatic heterocycles. The highest BCUT2D eigenvalue weighted by Gasteiger charge is 2.25. The second-order valence-corrected chi connectivity index (χ2v) is 9.53. The Bertz CT molecular complexity index is 1190. The molecule has 208 valence electrons. The van der Waals surface area contributed by atoms with Gasteiger partial charge >= 0.3 is 12.1 Å². The average molecular weight is 533 g/mol. The molecule has 0 saturated carbocycles. The Morgan fingerprint density at radius 3 is 2.05 bits per heavy atom. The van der Waals surface area contributed by atoms with E-state index in [-0.39, 0.29) is 18.4 Å². The maximum atomic E-state index is 12.1. The van der Waals surface area contributed by atoms with E-state index in [1.807, 2.05) is 56.3 Å². The molecule has 3 aromatic rings. The smallest absolute Gasteiger partial charge is 0.415 e. The molecule has 1 aliphatic rings. The molecule has 1 unspecified atom stereocenters. The van der Waals surface area contributed by atoms with Crippen molar-refractivity contribution in [3.05, 3.63) is 89.0 Å². The Balaban J connectivity index is 0.000000258. The molecule has 0 radical (unpaired) electrons. The summed E-state index contributed by atoms with van der Waals surface area (Å²) in [6, 6.07) is 22.2. The van der Waals surface area contributed by atoms with Gasteiger partial charge in [0.2, 0.25) is 0 Å². The Labute approximate surface area is 231 Å². The lowest BCUT2D eigenvalue weighted by molar-refractivity contribution is -0.137. The molecule has 7 heteroatoms. The van der Waals surface area contributed by atoms with Gasteiger partial charge in [-0.2, -0.15) is 0 Å². The van der Waals surface area contributed by atoms with Gasteiger partial charge in [0.15, 0.2) is 0 Å². The summed E-state index contributed by atoms with van der Waals surface area (Å²) in [5.41, 5.74) is 11.0. The maximum absolute atomic E-state index is 12.1. The van der Waals surface area contributed by atoms with E-state index >= 15 is 0 Å². The third-order valence-electron chi connectivity index (χ3n) is 6.47. The van der Waals surface area contributed by atoms with Crippen LogP contribution in [0.1, 0.15) is 41.5 Å². The van der Waals surface area contributed by atoms with E-state index in [0.29, 0.717) is 25.3 Å². The quantitative estimate of drug-likeness (QED) is 0.379. The van der Waals surface area contributed by atoms with Crippen molar-refractivity contribution in [2.24, 2.45) is 11.7 Å². The number of rotatable bonds is 6. The third kappa shape index (κ3) is 10.0. The van der Waals surface area contributed by atoms with E-state index in [1.54, 1.807) is 4.90 Å². The number of para-hydroxylation sites is 1. The lowest BCUT2D eigenvalue weighted by Gasteiger charge is -2.29. The molecule has 0 bridgehead atoms. The summed E-state index contributed by atoms with van der Waals surface area (Å²) in [6.07, 6.45) is 3.05. The first-order chi connectivity index (χ1) is 18.8. The van der Waals surface area contributed by atoms with Gasteiger partial charge in [0, 0.05) is 25.4 Å². The Morgan fingerprint density at radius 1 is 0.949 bits per heavy atom. The second-order valence-electron chi connectivity index (χ2n) is 9.53. The van der Waals surface area contributed by atoms with Crippen molar-refractivity contribution in [3.8, 4) is 16.9 Å². The number of nitrogens with zero attached hydrogens (tertiary/aromatic N) is 1. The van der Waals surface area contributed by atoms with Crippen molar-refractivity contribution >= 4 is 18.3 Å². The largest absolute Gasteiger partial charge is 0.481 e. The van der Waals surface area contributed by atoms with E-state index in [2.05, 4.69) is 36.9 Å². The van der Waals surface area contributed by atoms with Crippen LogP contribution in [0.25, 0.3) is 11.1 Å². The predicted molar refractivity (Wildman–Crippen MR) is 155 cm³/mol. The normalized spacial score (nSPS) is 14.2. The second kappa shape index (κ2) is 16.1. The number of aliphatic carboxylic acids is 1. The van der Waals surface area contributed by atoms with Crippen molar-refractivity contribution < 1.29 is 24.2 Å². The van der Waals surface area contributed by atoms with Crippen molar-refractivity contribution in [2.45, 2.75) is 46.5 Å². The summed E-state index contributed by atoms with van der Waals surface area (Å²) < 4.78 is 5.48. The third-order valence-corrected chi connectivity index (χ3v) is 6.47. The first-order valence-corrected chi connectivity index (χ1v) is 13.2. The first-order valence-electron chi connectivity index (χ1n) is 13.2. The first kappa shape index (κ1) is 31.2. The van der Waals surface area contributed by atoms with Gasteiger partial charge in [0.25, 0.3) is 0 Å². The van der Waals surface area contributed by atoms with E-state index in [1.165, 1.54) is 18.2 Å². The highest BCUT2D eigenvalue weighted by Crippen LogP contribution is 2.24. The standard InChI is InChI=1S/C16H16O2.C15H19NO3.CH5N/c1-12-2-7-14(8-3-12)15-9-4-13(5-10-15)6-11-16(17)18;1-11-5-3-6-12(2)14(11)19-15(18)16-8-4-7-13(9-16)10-17;1-2/h2-5,7-10H,6,11H2,1H3,(H,17,18);3,5-6,10,13H,4,7-9H2,1-2H3;2H2,1H3. The van der Waals surface area contributed by atoms with Crippen molar-refractivity contribution in [1.82, 2.24) is 4.90 Å². The number of carbonyl (C=O) groups excluding carboxylic acids is 2. The Kier molecular flexibility index (Phi) is 12.9. The average Bonchev–Trinajstić information content (AvgIpc) is 2.96. The fourth-order valence-corrected chi connectivity index (χ4v) is 4.26. The number of carbonyl (C=O) groups is 3. The van der Waals surface area contributed by atoms with E-state index < -0.39 is 5.97 Å². The maximum Gasteiger partial charge on any atom is 0.415 e. The number of nitrogens with two attached hydrogens (primary N) is 1. The molecule has 1 aliphatic heterocycles. The van der Waals surface area contributed by atoms with Crippen LogP contribution in [-0.2, 0) is 16.0 Å². The van der Waals surface area contributed by atoms with Gasteiger partial charge in [-0.3, -0.25) is 4.79 Å².